The number of nitrogens with zero attached hydrogens (tertiary/aromatic N) is 2. The van der Waals surface area contributed by atoms with Crippen LogP contribution < -0.4 is 4.74 Å². The molecule has 19 heavy (non-hydrogen) atoms. The fraction of sp³-hybridized carbons (Fsp3) is 0. The zero-order valence-electron chi connectivity index (χ0n) is 9.52. The number of nitriles is 2. The van der Waals surface area contributed by atoms with Crippen LogP contribution in [0.2, 0.25) is 5.02 Å². The highest BCUT2D eigenvalue weighted by atomic mass is 35.5. The van der Waals surface area contributed by atoms with Gasteiger partial charge in [0.1, 0.15) is 35.0 Å². The Morgan fingerprint density at radius 3 is 2.53 bits per heavy atom. The SMILES string of the molecule is N#Cc1ccc(Oc2cccc(F)c2C#N)cc1Cl. The molecule has 2 aromatic rings. The van der Waals surface area contributed by atoms with Gasteiger partial charge in [-0.25, -0.2) is 4.39 Å². The molecule has 3 nitrogen and oxygen atoms in total. The summed E-state index contributed by atoms with van der Waals surface area (Å²) >= 11 is 5.86. The molecule has 5 heteroatoms. The molecule has 2 rings (SSSR count). The molecule has 0 aliphatic rings. The highest BCUT2D eigenvalue weighted by molar-refractivity contribution is 6.31. The average molecular weight is 273 g/mol. The largest absolute Gasteiger partial charge is 0.456 e. The second-order valence-corrected chi connectivity index (χ2v) is 3.99. The van der Waals surface area contributed by atoms with E-state index in [0.717, 1.165) is 0 Å². The van der Waals surface area contributed by atoms with Gasteiger partial charge >= 0.3 is 0 Å². The van der Waals surface area contributed by atoms with E-state index < -0.39 is 5.82 Å². The van der Waals surface area contributed by atoms with E-state index in [1.165, 1.54) is 36.4 Å². The normalized spacial score (nSPS) is 9.47. The molecule has 0 bridgehead atoms. The first-order chi connectivity index (χ1) is 9.15. The molecule has 0 spiro atoms. The van der Waals surface area contributed by atoms with Crippen LogP contribution in [0.1, 0.15) is 11.1 Å². The quantitative estimate of drug-likeness (QED) is 0.830. The van der Waals surface area contributed by atoms with E-state index in [9.17, 15) is 4.39 Å². The molecular formula is C14H6ClFN2O. The van der Waals surface area contributed by atoms with Gasteiger partial charge in [0.2, 0.25) is 0 Å². The van der Waals surface area contributed by atoms with Gasteiger partial charge < -0.3 is 4.74 Å². The number of hydrogen-bond acceptors (Lipinski definition) is 3. The van der Waals surface area contributed by atoms with Crippen LogP contribution in [-0.2, 0) is 0 Å². The summed E-state index contributed by atoms with van der Waals surface area (Å²) in [4.78, 5) is 0. The third-order valence-corrected chi connectivity index (χ3v) is 2.69. The first-order valence-corrected chi connectivity index (χ1v) is 5.59. The Bertz CT molecular complexity index is 716. The van der Waals surface area contributed by atoms with Gasteiger partial charge in [-0.2, -0.15) is 10.5 Å². The summed E-state index contributed by atoms with van der Waals surface area (Å²) in [6.45, 7) is 0. The Balaban J connectivity index is 2.38. The van der Waals surface area contributed by atoms with Crippen molar-refractivity contribution in [1.82, 2.24) is 0 Å². The number of benzene rings is 2. The minimum absolute atomic E-state index is 0.100. The van der Waals surface area contributed by atoms with Crippen molar-refractivity contribution in [3.63, 3.8) is 0 Å². The van der Waals surface area contributed by atoms with Crippen molar-refractivity contribution in [1.29, 1.82) is 10.5 Å². The van der Waals surface area contributed by atoms with Gasteiger partial charge in [-0.1, -0.05) is 17.7 Å². The fourth-order valence-electron chi connectivity index (χ4n) is 1.47. The van der Waals surface area contributed by atoms with Crippen molar-refractivity contribution in [2.45, 2.75) is 0 Å². The topological polar surface area (TPSA) is 56.8 Å². The smallest absolute Gasteiger partial charge is 0.148 e. The molecule has 0 saturated heterocycles. The van der Waals surface area contributed by atoms with Crippen LogP contribution in [0.5, 0.6) is 11.5 Å². The van der Waals surface area contributed by atoms with E-state index in [-0.39, 0.29) is 16.3 Å². The summed E-state index contributed by atoms with van der Waals surface area (Å²) in [6.07, 6.45) is 0. The van der Waals surface area contributed by atoms with E-state index in [0.29, 0.717) is 11.3 Å². The number of hydrogen-bond donors (Lipinski definition) is 0. The van der Waals surface area contributed by atoms with Crippen molar-refractivity contribution >= 4 is 11.6 Å². The summed E-state index contributed by atoms with van der Waals surface area (Å²) in [6, 6.07) is 12.2. The lowest BCUT2D eigenvalue weighted by Crippen LogP contribution is -1.92. The van der Waals surface area contributed by atoms with E-state index in [1.807, 2.05) is 6.07 Å². The van der Waals surface area contributed by atoms with Gasteiger partial charge in [0.15, 0.2) is 0 Å². The molecule has 0 saturated carbocycles. The molecule has 0 unspecified atom stereocenters. The molecule has 92 valence electrons. The highest BCUT2D eigenvalue weighted by Gasteiger charge is 2.10. The zero-order valence-corrected chi connectivity index (χ0v) is 10.3. The lowest BCUT2D eigenvalue weighted by molar-refractivity contribution is 0.474. The number of halogens is 2. The number of ether oxygens (including phenoxy) is 1. The van der Waals surface area contributed by atoms with E-state index in [2.05, 4.69) is 0 Å². The van der Waals surface area contributed by atoms with E-state index >= 15 is 0 Å². The predicted octanol–water partition coefficient (Wildman–Crippen LogP) is 4.01. The predicted molar refractivity (Wildman–Crippen MR) is 67.4 cm³/mol. The van der Waals surface area contributed by atoms with Gasteiger partial charge in [0.05, 0.1) is 10.6 Å². The summed E-state index contributed by atoms with van der Waals surface area (Å²) < 4.78 is 18.8. The highest BCUT2D eigenvalue weighted by Crippen LogP contribution is 2.29. The Morgan fingerprint density at radius 1 is 1.11 bits per heavy atom. The van der Waals surface area contributed by atoms with Gasteiger partial charge in [-0.3, -0.25) is 0 Å². The Morgan fingerprint density at radius 2 is 1.89 bits per heavy atom. The summed E-state index contributed by atoms with van der Waals surface area (Å²) in [7, 11) is 0. The second-order valence-electron chi connectivity index (χ2n) is 3.58. The lowest BCUT2D eigenvalue weighted by atomic mass is 10.2. The molecule has 0 radical (unpaired) electrons. The van der Waals surface area contributed by atoms with Crippen LogP contribution in [0, 0.1) is 28.5 Å². The fourth-order valence-corrected chi connectivity index (χ4v) is 1.69. The number of rotatable bonds is 2. The molecule has 0 aromatic heterocycles. The molecule has 0 fully saturated rings. The minimum Gasteiger partial charge on any atom is -0.456 e. The standard InChI is InChI=1S/C14H6ClFN2O/c15-12-6-10(5-4-9(12)7-17)19-14-3-1-2-13(16)11(14)8-18/h1-6H. The van der Waals surface area contributed by atoms with E-state index in [1.54, 1.807) is 6.07 Å². The van der Waals surface area contributed by atoms with E-state index in [4.69, 9.17) is 26.9 Å². The van der Waals surface area contributed by atoms with Crippen molar-refractivity contribution in [3.05, 3.63) is 58.4 Å². The van der Waals surface area contributed by atoms with Crippen LogP contribution >= 0.6 is 11.6 Å². The molecule has 0 N–H and O–H groups in total. The maximum Gasteiger partial charge on any atom is 0.148 e. The molecule has 0 heterocycles. The van der Waals surface area contributed by atoms with Crippen molar-refractivity contribution in [3.8, 4) is 23.6 Å². The Kier molecular flexibility index (Phi) is 3.66. The van der Waals surface area contributed by atoms with Gasteiger partial charge in [-0.15, -0.1) is 0 Å². The first-order valence-electron chi connectivity index (χ1n) is 5.22. The molecule has 0 aliphatic carbocycles. The molecule has 0 aliphatic heterocycles. The molecule has 2 aromatic carbocycles. The van der Waals surface area contributed by atoms with Crippen molar-refractivity contribution in [2.24, 2.45) is 0 Å². The van der Waals surface area contributed by atoms with Gasteiger partial charge in [0, 0.05) is 6.07 Å². The van der Waals surface area contributed by atoms with Gasteiger partial charge in [-0.05, 0) is 24.3 Å². The van der Waals surface area contributed by atoms with Crippen LogP contribution in [0.4, 0.5) is 4.39 Å². The zero-order chi connectivity index (χ0) is 13.8. The lowest BCUT2D eigenvalue weighted by Gasteiger charge is -2.08. The third-order valence-electron chi connectivity index (χ3n) is 2.38. The van der Waals surface area contributed by atoms with Crippen LogP contribution in [0.25, 0.3) is 0 Å². The molecule has 0 amide bonds. The molecular weight excluding hydrogens is 267 g/mol. The van der Waals surface area contributed by atoms with Crippen molar-refractivity contribution in [2.75, 3.05) is 0 Å². The van der Waals surface area contributed by atoms with Crippen LogP contribution in [0.3, 0.4) is 0 Å². The average Bonchev–Trinajstić information content (AvgIpc) is 2.39. The first kappa shape index (κ1) is 12.9. The van der Waals surface area contributed by atoms with Crippen LogP contribution in [-0.4, -0.2) is 0 Å². The molecule has 0 atom stereocenters. The monoisotopic (exact) mass is 272 g/mol. The summed E-state index contributed by atoms with van der Waals surface area (Å²) in [5.41, 5.74) is 0.136. The van der Waals surface area contributed by atoms with Crippen LogP contribution in [0.15, 0.2) is 36.4 Å². The second kappa shape index (κ2) is 5.39. The van der Waals surface area contributed by atoms with Gasteiger partial charge in [0.25, 0.3) is 0 Å². The maximum atomic E-state index is 13.4. The minimum atomic E-state index is -0.653. The Hall–Kier alpha value is -2.56. The van der Waals surface area contributed by atoms with Crippen molar-refractivity contribution < 1.29 is 9.13 Å². The summed E-state index contributed by atoms with van der Waals surface area (Å²) in [5.74, 6) is -0.228. The summed E-state index contributed by atoms with van der Waals surface area (Å²) in [5, 5.41) is 17.9. The third kappa shape index (κ3) is 2.65. The maximum absolute atomic E-state index is 13.4. The Labute approximate surface area is 114 Å².